The van der Waals surface area contributed by atoms with Gasteiger partial charge in [0.1, 0.15) is 0 Å². The maximum atomic E-state index is 10.3. The van der Waals surface area contributed by atoms with Crippen molar-refractivity contribution in [2.45, 2.75) is 51.4 Å². The minimum Gasteiger partial charge on any atom is -0.432 e. The molecule has 0 radical (unpaired) electrons. The summed E-state index contributed by atoms with van der Waals surface area (Å²) in [5.74, 6) is 0. The topological polar surface area (TPSA) is 43.7 Å². The predicted molar refractivity (Wildman–Crippen MR) is 91.8 cm³/mol. The molecule has 4 heteroatoms. The van der Waals surface area contributed by atoms with Crippen LogP contribution in [0.2, 0.25) is 18.1 Å². The summed E-state index contributed by atoms with van der Waals surface area (Å²) in [6.45, 7) is 11.1. The molecule has 1 aromatic carbocycles. The minimum atomic E-state index is -2.12. The molecular formula is C17H31NO2Si. The van der Waals surface area contributed by atoms with Crippen LogP contribution in [0.3, 0.4) is 0 Å². The van der Waals surface area contributed by atoms with E-state index in [2.05, 4.69) is 43.0 Å². The Labute approximate surface area is 130 Å². The molecule has 0 fully saturated rings. The third-order valence-corrected chi connectivity index (χ3v) is 8.16. The van der Waals surface area contributed by atoms with E-state index in [0.29, 0.717) is 6.54 Å². The van der Waals surface area contributed by atoms with Crippen LogP contribution in [-0.4, -0.2) is 42.8 Å². The van der Waals surface area contributed by atoms with Gasteiger partial charge in [0.2, 0.25) is 0 Å². The molecule has 0 saturated heterocycles. The number of benzene rings is 1. The Bertz CT molecular complexity index is 401. The summed E-state index contributed by atoms with van der Waals surface area (Å²) in [6.07, 6.45) is 2.08. The Morgan fingerprint density at radius 2 is 1.71 bits per heavy atom. The van der Waals surface area contributed by atoms with Crippen LogP contribution in [0.25, 0.3) is 0 Å². The van der Waals surface area contributed by atoms with Crippen LogP contribution >= 0.6 is 0 Å². The van der Waals surface area contributed by atoms with E-state index >= 15 is 0 Å². The predicted octanol–water partition coefficient (Wildman–Crippen LogP) is 3.24. The van der Waals surface area contributed by atoms with E-state index < -0.39 is 8.32 Å². The van der Waals surface area contributed by atoms with Crippen LogP contribution < -0.4 is 0 Å². The van der Waals surface area contributed by atoms with Crippen LogP contribution in [0.15, 0.2) is 30.3 Å². The molecule has 0 bridgehead atoms. The summed E-state index contributed by atoms with van der Waals surface area (Å²) < 4.78 is 0. The van der Waals surface area contributed by atoms with Gasteiger partial charge in [-0.1, -0.05) is 44.2 Å². The van der Waals surface area contributed by atoms with E-state index in [1.54, 1.807) is 0 Å². The first-order chi connectivity index (χ1) is 9.76. The average molecular weight is 310 g/mol. The molecule has 120 valence electrons. The second-order valence-corrected chi connectivity index (χ2v) is 11.5. The smallest absolute Gasteiger partial charge is 0.188 e. The lowest BCUT2D eigenvalue weighted by Crippen LogP contribution is -2.39. The second-order valence-electron chi connectivity index (χ2n) is 7.03. The van der Waals surface area contributed by atoms with E-state index in [0.717, 1.165) is 25.9 Å². The van der Waals surface area contributed by atoms with Gasteiger partial charge in [-0.2, -0.15) is 0 Å². The van der Waals surface area contributed by atoms with Crippen LogP contribution in [0.1, 0.15) is 32.3 Å². The number of nitrogens with zero attached hydrogens (tertiary/aromatic N) is 1. The zero-order chi connectivity index (χ0) is 15.9. The summed E-state index contributed by atoms with van der Waals surface area (Å²) in [5.41, 5.74) is 1.28. The van der Waals surface area contributed by atoms with Gasteiger partial charge < -0.3 is 9.90 Å². The van der Waals surface area contributed by atoms with Crippen LogP contribution in [0, 0.1) is 0 Å². The first-order valence-electron chi connectivity index (χ1n) is 7.86. The highest BCUT2D eigenvalue weighted by Gasteiger charge is 2.37. The van der Waals surface area contributed by atoms with Gasteiger partial charge in [-0.15, -0.1) is 0 Å². The van der Waals surface area contributed by atoms with Crippen molar-refractivity contribution in [2.75, 3.05) is 19.7 Å². The molecule has 0 aromatic heterocycles. The lowest BCUT2D eigenvalue weighted by molar-refractivity contribution is 0.186. The third-order valence-electron chi connectivity index (χ3n) is 4.60. The number of rotatable bonds is 9. The summed E-state index contributed by atoms with van der Waals surface area (Å²) in [4.78, 5) is 12.6. The van der Waals surface area contributed by atoms with Gasteiger partial charge in [-0.25, -0.2) is 0 Å². The first kappa shape index (κ1) is 18.4. The fourth-order valence-electron chi connectivity index (χ4n) is 2.30. The van der Waals surface area contributed by atoms with Crippen molar-refractivity contribution in [3.8, 4) is 0 Å². The van der Waals surface area contributed by atoms with Gasteiger partial charge in [0.05, 0.1) is 6.61 Å². The number of hydrogen-bond donors (Lipinski definition) is 2. The molecule has 0 unspecified atom stereocenters. The first-order valence-corrected chi connectivity index (χ1v) is 10.8. The third kappa shape index (κ3) is 6.30. The standard InChI is InChI=1S/C17H31NO2Si/c1-17(2,21(3,4)20)11-8-12-18(13-14-19)15-16-9-6-5-7-10-16/h5-7,9-10,19-20H,8,11-15H2,1-4H3. The Morgan fingerprint density at radius 3 is 2.24 bits per heavy atom. The quantitative estimate of drug-likeness (QED) is 0.688. The molecule has 0 aliphatic heterocycles. The fraction of sp³-hybridized carbons (Fsp3) is 0.647. The molecule has 0 heterocycles. The number of aliphatic hydroxyl groups excluding tert-OH is 1. The van der Waals surface area contributed by atoms with E-state index in [1.165, 1.54) is 5.56 Å². The van der Waals surface area contributed by atoms with Crippen molar-refractivity contribution in [1.29, 1.82) is 0 Å². The molecule has 0 aliphatic rings. The van der Waals surface area contributed by atoms with Gasteiger partial charge in [-0.05, 0) is 43.1 Å². The highest BCUT2D eigenvalue weighted by molar-refractivity contribution is 6.72. The number of aliphatic hydroxyl groups is 1. The highest BCUT2D eigenvalue weighted by atomic mass is 28.4. The summed E-state index contributed by atoms with van der Waals surface area (Å²) in [5, 5.41) is 9.26. The van der Waals surface area contributed by atoms with Crippen molar-refractivity contribution < 1.29 is 9.90 Å². The Balaban J connectivity index is 2.49. The van der Waals surface area contributed by atoms with E-state index in [9.17, 15) is 9.90 Å². The molecule has 1 rings (SSSR count). The SMILES string of the molecule is CC(C)(CCCN(CCO)Cc1ccccc1)[Si](C)(C)O. The molecular weight excluding hydrogens is 278 g/mol. The second kappa shape index (κ2) is 8.08. The maximum absolute atomic E-state index is 10.3. The molecule has 2 N–H and O–H groups in total. The normalized spacial score (nSPS) is 12.9. The molecule has 21 heavy (non-hydrogen) atoms. The molecule has 1 aromatic rings. The largest absolute Gasteiger partial charge is 0.432 e. The van der Waals surface area contributed by atoms with Gasteiger partial charge in [-0.3, -0.25) is 4.90 Å². The molecule has 0 saturated carbocycles. The lowest BCUT2D eigenvalue weighted by Gasteiger charge is -2.35. The van der Waals surface area contributed by atoms with Gasteiger partial charge >= 0.3 is 0 Å². The fourth-order valence-corrected chi connectivity index (χ4v) is 3.09. The maximum Gasteiger partial charge on any atom is 0.188 e. The van der Waals surface area contributed by atoms with E-state index in [4.69, 9.17) is 0 Å². The monoisotopic (exact) mass is 309 g/mol. The Morgan fingerprint density at radius 1 is 1.10 bits per heavy atom. The van der Waals surface area contributed by atoms with Gasteiger partial charge in [0.25, 0.3) is 0 Å². The zero-order valence-corrected chi connectivity index (χ0v) is 15.0. The van der Waals surface area contributed by atoms with Crippen LogP contribution in [0.4, 0.5) is 0 Å². The minimum absolute atomic E-state index is 0.0324. The highest BCUT2D eigenvalue weighted by Crippen LogP contribution is 2.39. The van der Waals surface area contributed by atoms with Crippen molar-refractivity contribution >= 4 is 8.32 Å². The van der Waals surface area contributed by atoms with Crippen LogP contribution in [0.5, 0.6) is 0 Å². The van der Waals surface area contributed by atoms with Gasteiger partial charge in [0.15, 0.2) is 8.32 Å². The summed E-state index contributed by atoms with van der Waals surface area (Å²) in [7, 11) is -2.12. The van der Waals surface area contributed by atoms with Crippen LogP contribution in [-0.2, 0) is 6.54 Å². The van der Waals surface area contributed by atoms with Crippen molar-refractivity contribution in [2.24, 2.45) is 0 Å². The van der Waals surface area contributed by atoms with Crippen molar-refractivity contribution in [3.05, 3.63) is 35.9 Å². The lowest BCUT2D eigenvalue weighted by atomic mass is 10.1. The van der Waals surface area contributed by atoms with Crippen molar-refractivity contribution in [3.63, 3.8) is 0 Å². The summed E-state index contributed by atoms with van der Waals surface area (Å²) in [6, 6.07) is 10.4. The summed E-state index contributed by atoms with van der Waals surface area (Å²) >= 11 is 0. The Hall–Kier alpha value is -0.683. The van der Waals surface area contributed by atoms with E-state index in [1.807, 2.05) is 19.2 Å². The molecule has 0 amide bonds. The average Bonchev–Trinajstić information content (AvgIpc) is 2.38. The molecule has 0 spiro atoms. The molecule has 0 atom stereocenters. The molecule has 0 aliphatic carbocycles. The van der Waals surface area contributed by atoms with Gasteiger partial charge in [0, 0.05) is 13.1 Å². The van der Waals surface area contributed by atoms with E-state index in [-0.39, 0.29) is 11.6 Å². The molecule has 3 nitrogen and oxygen atoms in total. The van der Waals surface area contributed by atoms with Crippen molar-refractivity contribution in [1.82, 2.24) is 4.90 Å². The Kier molecular flexibility index (Phi) is 7.07. The zero-order valence-electron chi connectivity index (χ0n) is 14.0. The number of hydrogen-bond acceptors (Lipinski definition) is 3.